The van der Waals surface area contributed by atoms with Crippen LogP contribution in [-0.2, 0) is 0 Å². The van der Waals surface area contributed by atoms with Crippen molar-refractivity contribution in [3.63, 3.8) is 0 Å². The predicted octanol–water partition coefficient (Wildman–Crippen LogP) is 1.40. The molecule has 0 aliphatic carbocycles. The van der Waals surface area contributed by atoms with Gasteiger partial charge in [-0.3, -0.25) is 4.99 Å². The van der Waals surface area contributed by atoms with Crippen molar-refractivity contribution in [1.82, 2.24) is 0 Å². The van der Waals surface area contributed by atoms with Crippen LogP contribution in [0.4, 0.5) is 0 Å². The zero-order valence-electron chi connectivity index (χ0n) is 6.67. The molecule has 0 radical (unpaired) electrons. The second-order valence-corrected chi connectivity index (χ2v) is 2.00. The van der Waals surface area contributed by atoms with Gasteiger partial charge in [-0.15, -0.1) is 6.58 Å². The maximum absolute atomic E-state index is 9.20. The summed E-state index contributed by atoms with van der Waals surface area (Å²) in [6, 6.07) is 0. The molecular weight excluding hydrogens is 126 g/mol. The first-order chi connectivity index (χ1) is 4.76. The number of hydrogen-bond acceptors (Lipinski definition) is 2. The van der Waals surface area contributed by atoms with E-state index in [-0.39, 0.29) is 0 Å². The fraction of sp³-hybridized carbons (Fsp3) is 0.625. The first-order valence-electron chi connectivity index (χ1n) is 3.60. The molecule has 2 nitrogen and oxygen atoms in total. The van der Waals surface area contributed by atoms with E-state index in [1.54, 1.807) is 0 Å². The molecule has 1 atom stereocenters. The van der Waals surface area contributed by atoms with Crippen LogP contribution in [-0.4, -0.2) is 23.5 Å². The topological polar surface area (TPSA) is 32.6 Å². The summed E-state index contributed by atoms with van der Waals surface area (Å²) in [6.07, 6.45) is 1.74. The first-order valence-corrected chi connectivity index (χ1v) is 3.60. The Balaban J connectivity index is 4.04. The third-order valence-corrected chi connectivity index (χ3v) is 1.29. The first kappa shape index (κ1) is 9.37. The fourth-order valence-electron chi connectivity index (χ4n) is 0.754. The lowest BCUT2D eigenvalue weighted by atomic mass is 10.2. The van der Waals surface area contributed by atoms with Crippen molar-refractivity contribution >= 4 is 5.71 Å². The third-order valence-electron chi connectivity index (χ3n) is 1.29. The van der Waals surface area contributed by atoms with E-state index >= 15 is 0 Å². The van der Waals surface area contributed by atoms with Gasteiger partial charge >= 0.3 is 0 Å². The smallest absolute Gasteiger partial charge is 0.109 e. The standard InChI is InChI=1S/C8H15NO/c1-4-7(9-6-3)8(10)5-2/h5,8,10H,2,4,6H2,1,3H3. The van der Waals surface area contributed by atoms with Crippen molar-refractivity contribution < 1.29 is 5.11 Å². The average molecular weight is 141 g/mol. The van der Waals surface area contributed by atoms with Gasteiger partial charge in [0.15, 0.2) is 0 Å². The average Bonchev–Trinajstić information content (AvgIpc) is 1.99. The highest BCUT2D eigenvalue weighted by Crippen LogP contribution is 1.95. The third kappa shape index (κ3) is 2.78. The Kier molecular flexibility index (Phi) is 4.85. The predicted molar refractivity (Wildman–Crippen MR) is 44.5 cm³/mol. The van der Waals surface area contributed by atoms with Crippen molar-refractivity contribution in [3.05, 3.63) is 12.7 Å². The highest BCUT2D eigenvalue weighted by atomic mass is 16.3. The van der Waals surface area contributed by atoms with E-state index < -0.39 is 6.10 Å². The lowest BCUT2D eigenvalue weighted by Crippen LogP contribution is -2.16. The summed E-state index contributed by atoms with van der Waals surface area (Å²) < 4.78 is 0. The van der Waals surface area contributed by atoms with E-state index in [9.17, 15) is 5.11 Å². The van der Waals surface area contributed by atoms with Gasteiger partial charge in [0.25, 0.3) is 0 Å². The van der Waals surface area contributed by atoms with Crippen LogP contribution in [0.2, 0.25) is 0 Å². The molecule has 0 fully saturated rings. The minimum Gasteiger partial charge on any atom is -0.383 e. The van der Waals surface area contributed by atoms with Gasteiger partial charge in [0.1, 0.15) is 6.10 Å². The summed E-state index contributed by atoms with van der Waals surface area (Å²) >= 11 is 0. The second kappa shape index (κ2) is 5.18. The summed E-state index contributed by atoms with van der Waals surface area (Å²) in [7, 11) is 0. The molecule has 10 heavy (non-hydrogen) atoms. The van der Waals surface area contributed by atoms with Gasteiger partial charge < -0.3 is 5.11 Å². The molecule has 0 spiro atoms. The molecule has 58 valence electrons. The van der Waals surface area contributed by atoms with E-state index in [2.05, 4.69) is 11.6 Å². The number of hydrogen-bond donors (Lipinski definition) is 1. The molecule has 0 aromatic heterocycles. The molecule has 1 N–H and O–H groups in total. The lowest BCUT2D eigenvalue weighted by Gasteiger charge is -2.05. The van der Waals surface area contributed by atoms with Gasteiger partial charge in [0.05, 0.1) is 0 Å². The van der Waals surface area contributed by atoms with Gasteiger partial charge in [-0.05, 0) is 13.3 Å². The van der Waals surface area contributed by atoms with Gasteiger partial charge in [0.2, 0.25) is 0 Å². The van der Waals surface area contributed by atoms with Crippen LogP contribution in [0.1, 0.15) is 20.3 Å². The molecule has 2 heteroatoms. The van der Waals surface area contributed by atoms with Crippen molar-refractivity contribution in [3.8, 4) is 0 Å². The number of aliphatic imine (C=N–C) groups is 1. The van der Waals surface area contributed by atoms with Crippen LogP contribution in [0.3, 0.4) is 0 Å². The van der Waals surface area contributed by atoms with Crippen LogP contribution in [0.5, 0.6) is 0 Å². The summed E-state index contributed by atoms with van der Waals surface area (Å²) in [5.74, 6) is 0. The van der Waals surface area contributed by atoms with E-state index in [1.807, 2.05) is 13.8 Å². The van der Waals surface area contributed by atoms with Crippen molar-refractivity contribution in [1.29, 1.82) is 0 Å². The lowest BCUT2D eigenvalue weighted by molar-refractivity contribution is 0.286. The van der Waals surface area contributed by atoms with Gasteiger partial charge in [-0.2, -0.15) is 0 Å². The largest absolute Gasteiger partial charge is 0.383 e. The summed E-state index contributed by atoms with van der Waals surface area (Å²) in [6.45, 7) is 8.13. The Morgan fingerprint density at radius 3 is 2.60 bits per heavy atom. The molecule has 0 heterocycles. The number of aliphatic hydroxyl groups excluding tert-OH is 1. The van der Waals surface area contributed by atoms with Crippen molar-refractivity contribution in [2.24, 2.45) is 4.99 Å². The number of nitrogens with zero attached hydrogens (tertiary/aromatic N) is 1. The normalized spacial score (nSPS) is 14.9. The maximum Gasteiger partial charge on any atom is 0.109 e. The Morgan fingerprint density at radius 2 is 2.30 bits per heavy atom. The van der Waals surface area contributed by atoms with Crippen molar-refractivity contribution in [2.45, 2.75) is 26.4 Å². The zero-order valence-corrected chi connectivity index (χ0v) is 6.67. The van der Waals surface area contributed by atoms with Gasteiger partial charge in [0, 0.05) is 12.3 Å². The van der Waals surface area contributed by atoms with Crippen LogP contribution < -0.4 is 0 Å². The molecule has 0 amide bonds. The zero-order chi connectivity index (χ0) is 7.98. The Morgan fingerprint density at radius 1 is 1.70 bits per heavy atom. The molecule has 0 saturated carbocycles. The molecule has 0 saturated heterocycles. The molecular formula is C8H15NO. The van der Waals surface area contributed by atoms with E-state index in [0.717, 1.165) is 18.7 Å². The van der Waals surface area contributed by atoms with Gasteiger partial charge in [-0.25, -0.2) is 0 Å². The monoisotopic (exact) mass is 141 g/mol. The molecule has 0 aromatic rings. The molecule has 0 aliphatic heterocycles. The minimum absolute atomic E-state index is 0.551. The summed E-state index contributed by atoms with van der Waals surface area (Å²) in [5.41, 5.74) is 0.817. The van der Waals surface area contributed by atoms with Crippen LogP contribution in [0, 0.1) is 0 Å². The quantitative estimate of drug-likeness (QED) is 0.466. The SMILES string of the molecule is C=CC(O)C(CC)=NCC. The van der Waals surface area contributed by atoms with Crippen LogP contribution in [0.15, 0.2) is 17.6 Å². The van der Waals surface area contributed by atoms with Crippen LogP contribution >= 0.6 is 0 Å². The Hall–Kier alpha value is -0.630. The molecule has 0 bridgehead atoms. The Labute approximate surface area is 62.3 Å². The molecule has 0 aliphatic rings. The summed E-state index contributed by atoms with van der Waals surface area (Å²) in [5, 5.41) is 9.20. The molecule has 0 aromatic carbocycles. The number of rotatable bonds is 4. The van der Waals surface area contributed by atoms with E-state index in [0.29, 0.717) is 0 Å². The van der Waals surface area contributed by atoms with E-state index in [1.165, 1.54) is 6.08 Å². The Bertz CT molecular complexity index is 129. The minimum atomic E-state index is -0.551. The van der Waals surface area contributed by atoms with Gasteiger partial charge in [-0.1, -0.05) is 13.0 Å². The van der Waals surface area contributed by atoms with Crippen molar-refractivity contribution in [2.75, 3.05) is 6.54 Å². The molecule has 0 rings (SSSR count). The highest BCUT2D eigenvalue weighted by molar-refractivity contribution is 5.89. The fourth-order valence-corrected chi connectivity index (χ4v) is 0.754. The van der Waals surface area contributed by atoms with Crippen LogP contribution in [0.25, 0.3) is 0 Å². The summed E-state index contributed by atoms with van der Waals surface area (Å²) in [4.78, 5) is 4.11. The van der Waals surface area contributed by atoms with E-state index in [4.69, 9.17) is 0 Å². The highest BCUT2D eigenvalue weighted by Gasteiger charge is 2.03. The molecule has 1 unspecified atom stereocenters. The second-order valence-electron chi connectivity index (χ2n) is 2.00. The number of aliphatic hydroxyl groups is 1. The maximum atomic E-state index is 9.20.